The van der Waals surface area contributed by atoms with Crippen LogP contribution in [0, 0.1) is 0 Å². The van der Waals surface area contributed by atoms with Crippen LogP contribution in [0.2, 0.25) is 20.4 Å². The summed E-state index contributed by atoms with van der Waals surface area (Å²) in [5.74, 6) is -4.83. The van der Waals surface area contributed by atoms with Crippen molar-refractivity contribution in [2.24, 2.45) is 0 Å². The molecule has 1 N–H and O–H groups in total. The summed E-state index contributed by atoms with van der Waals surface area (Å²) < 4.78 is 142. The van der Waals surface area contributed by atoms with Crippen LogP contribution in [0.15, 0.2) is 42.5 Å². The van der Waals surface area contributed by atoms with E-state index in [2.05, 4.69) is 13.4 Å². The van der Waals surface area contributed by atoms with Gasteiger partial charge in [0.15, 0.2) is 0 Å². The minimum Gasteiger partial charge on any atom is -0.496 e. The summed E-state index contributed by atoms with van der Waals surface area (Å²) in [7, 11) is -10.2. The summed E-state index contributed by atoms with van der Waals surface area (Å²) >= 11 is 25.2. The van der Waals surface area contributed by atoms with Gasteiger partial charge in [0, 0.05) is 12.1 Å². The SMILES string of the molecule is COc1cc(OS(=O)(=O)C(F)(F)F)ccc1C(=O)c1[nH]c(Cl)c(Cl)c1-n1c(C(=O)c2ccc(OS(=O)(=O)C(F)(F)F)cc2OC)cc(Cl)c1Cl. The maximum atomic E-state index is 13.8. The summed E-state index contributed by atoms with van der Waals surface area (Å²) in [4.78, 5) is 30.1. The van der Waals surface area contributed by atoms with Crippen LogP contribution < -0.4 is 17.8 Å². The molecular weight excluding hydrogens is 820 g/mol. The van der Waals surface area contributed by atoms with Gasteiger partial charge < -0.3 is 22.8 Å². The normalized spacial score (nSPS) is 12.5. The maximum Gasteiger partial charge on any atom is 0.534 e. The lowest BCUT2D eigenvalue weighted by Gasteiger charge is -2.15. The lowest BCUT2D eigenvalue weighted by molar-refractivity contribution is -0.0504. The second kappa shape index (κ2) is 13.7. The second-order valence-electron chi connectivity index (χ2n) is 9.33. The Balaban J connectivity index is 1.83. The number of hydrogen-bond acceptors (Lipinski definition) is 10. The van der Waals surface area contributed by atoms with Crippen LogP contribution in [-0.2, 0) is 20.2 Å². The molecule has 0 unspecified atom stereocenters. The molecule has 0 atom stereocenters. The molecule has 0 spiro atoms. The van der Waals surface area contributed by atoms with Crippen molar-refractivity contribution < 1.29 is 70.6 Å². The highest BCUT2D eigenvalue weighted by Gasteiger charge is 2.49. The van der Waals surface area contributed by atoms with Crippen LogP contribution in [0.4, 0.5) is 26.3 Å². The van der Waals surface area contributed by atoms with Crippen LogP contribution in [0.25, 0.3) is 5.69 Å². The minimum atomic E-state index is -6.10. The van der Waals surface area contributed by atoms with Crippen molar-refractivity contribution in [3.8, 4) is 28.7 Å². The van der Waals surface area contributed by atoms with Crippen molar-refractivity contribution in [3.63, 3.8) is 0 Å². The quantitative estimate of drug-likeness (QED) is 0.0701. The Bertz CT molecular complexity index is 2100. The third-order valence-corrected chi connectivity index (χ3v) is 9.73. The topological polar surface area (TPSA) is 160 Å². The number of carbonyl (C=O) groups excluding carboxylic acids is 2. The predicted octanol–water partition coefficient (Wildman–Crippen LogP) is 7.36. The fraction of sp³-hybridized carbons (Fsp3) is 0.154. The summed E-state index contributed by atoms with van der Waals surface area (Å²) in [6.45, 7) is 0. The minimum absolute atomic E-state index is 0.304. The number of aromatic amines is 1. The van der Waals surface area contributed by atoms with Crippen LogP contribution in [0.3, 0.4) is 0 Å². The number of ether oxygens (including phenoxy) is 2. The van der Waals surface area contributed by atoms with E-state index in [1.807, 2.05) is 0 Å². The molecule has 50 heavy (non-hydrogen) atoms. The first-order chi connectivity index (χ1) is 23.0. The first-order valence-corrected chi connectivity index (χ1v) is 16.9. The molecule has 0 saturated carbocycles. The summed E-state index contributed by atoms with van der Waals surface area (Å²) in [5, 5.41) is -1.57. The smallest absolute Gasteiger partial charge is 0.496 e. The number of ketones is 2. The average molecular weight is 834 g/mol. The Morgan fingerprint density at radius 2 is 1.16 bits per heavy atom. The van der Waals surface area contributed by atoms with Crippen molar-refractivity contribution in [2.45, 2.75) is 11.0 Å². The molecular formula is C26H14Cl4F6N2O10S2. The van der Waals surface area contributed by atoms with Gasteiger partial charge in [-0.05, 0) is 30.3 Å². The standard InChI is InChI=1S/C26H14Cl4F6N2O10S2/c1-45-16-7-10(47-49(41,42)25(31,32)33)3-5-12(16)21(39)15-9-14(27)24(30)38(15)20-18(28)23(29)37-19(20)22(40)13-6-4-11(8-17(13)46-2)48-50(43,44)26(34,35)36/h3-9,37H,1-2H3. The Labute approximate surface area is 296 Å². The molecule has 2 heterocycles. The lowest BCUT2D eigenvalue weighted by atomic mass is 10.0. The molecule has 0 aliphatic heterocycles. The van der Waals surface area contributed by atoms with Crippen molar-refractivity contribution in [2.75, 3.05) is 14.2 Å². The molecule has 4 aromatic rings. The van der Waals surface area contributed by atoms with Gasteiger partial charge in [-0.1, -0.05) is 46.4 Å². The molecule has 2 aromatic carbocycles. The number of benzene rings is 2. The maximum absolute atomic E-state index is 13.8. The lowest BCUT2D eigenvalue weighted by Crippen LogP contribution is -2.28. The van der Waals surface area contributed by atoms with Crippen LogP contribution in [0.5, 0.6) is 23.0 Å². The number of methoxy groups -OCH3 is 2. The molecule has 0 fully saturated rings. The van der Waals surface area contributed by atoms with Crippen molar-refractivity contribution >= 4 is 78.2 Å². The molecule has 0 bridgehead atoms. The number of halogens is 10. The zero-order chi connectivity index (χ0) is 37.7. The van der Waals surface area contributed by atoms with E-state index in [-0.39, 0.29) is 5.02 Å². The van der Waals surface area contributed by atoms with Crippen molar-refractivity contribution in [1.29, 1.82) is 0 Å². The summed E-state index contributed by atoms with van der Waals surface area (Å²) in [5.41, 5.74) is -13.8. The van der Waals surface area contributed by atoms with Gasteiger partial charge in [-0.25, -0.2) is 0 Å². The van der Waals surface area contributed by atoms with Gasteiger partial charge in [-0.2, -0.15) is 43.2 Å². The molecule has 24 heteroatoms. The molecule has 0 aliphatic carbocycles. The zero-order valence-electron chi connectivity index (χ0n) is 24.2. The van der Waals surface area contributed by atoms with E-state index in [9.17, 15) is 52.8 Å². The Kier molecular flexibility index (Phi) is 10.7. The Morgan fingerprint density at radius 3 is 1.58 bits per heavy atom. The number of alkyl halides is 6. The van der Waals surface area contributed by atoms with Gasteiger partial charge in [0.2, 0.25) is 11.6 Å². The molecule has 0 aliphatic rings. The molecule has 270 valence electrons. The van der Waals surface area contributed by atoms with E-state index in [1.165, 1.54) is 0 Å². The van der Waals surface area contributed by atoms with Gasteiger partial charge in [0.05, 0.1) is 41.8 Å². The highest BCUT2D eigenvalue weighted by atomic mass is 35.5. The number of hydrogen-bond donors (Lipinski definition) is 1. The molecule has 2 aromatic heterocycles. The molecule has 0 radical (unpaired) electrons. The van der Waals surface area contributed by atoms with Crippen LogP contribution in [0.1, 0.15) is 32.1 Å². The second-order valence-corrected chi connectivity index (χ2v) is 13.9. The predicted molar refractivity (Wildman–Crippen MR) is 164 cm³/mol. The van der Waals surface area contributed by atoms with E-state index in [0.717, 1.165) is 37.0 Å². The average Bonchev–Trinajstić information content (AvgIpc) is 3.47. The number of rotatable bonds is 11. The first-order valence-electron chi connectivity index (χ1n) is 12.6. The third-order valence-electron chi connectivity index (χ3n) is 6.27. The first kappa shape index (κ1) is 39.0. The van der Waals surface area contributed by atoms with E-state index in [4.69, 9.17) is 55.9 Å². The van der Waals surface area contributed by atoms with E-state index < -0.39 is 109 Å². The molecule has 12 nitrogen and oxygen atoms in total. The summed E-state index contributed by atoms with van der Waals surface area (Å²) in [6, 6.07) is 5.45. The number of carbonyl (C=O) groups is 2. The van der Waals surface area contributed by atoms with E-state index >= 15 is 0 Å². The van der Waals surface area contributed by atoms with Crippen molar-refractivity contribution in [1.82, 2.24) is 9.55 Å². The molecule has 0 saturated heterocycles. The zero-order valence-corrected chi connectivity index (χ0v) is 28.8. The fourth-order valence-corrected chi connectivity index (χ4v) is 5.83. The number of nitrogens with one attached hydrogen (secondary N) is 1. The highest BCUT2D eigenvalue weighted by molar-refractivity contribution is 7.88. The van der Waals surface area contributed by atoms with E-state index in [0.29, 0.717) is 24.3 Å². The van der Waals surface area contributed by atoms with E-state index in [1.54, 1.807) is 0 Å². The Morgan fingerprint density at radius 1 is 0.720 bits per heavy atom. The monoisotopic (exact) mass is 832 g/mol. The van der Waals surface area contributed by atoms with Gasteiger partial charge in [-0.3, -0.25) is 14.2 Å². The van der Waals surface area contributed by atoms with Gasteiger partial charge in [0.1, 0.15) is 44.0 Å². The summed E-state index contributed by atoms with van der Waals surface area (Å²) in [6.07, 6.45) is 0. The van der Waals surface area contributed by atoms with Gasteiger partial charge in [0.25, 0.3) is 0 Å². The van der Waals surface area contributed by atoms with Crippen LogP contribution >= 0.6 is 46.4 Å². The number of aromatic nitrogens is 2. The molecule has 4 rings (SSSR count). The number of H-pyrrole nitrogens is 1. The Hall–Kier alpha value is -3.82. The van der Waals surface area contributed by atoms with Crippen LogP contribution in [-0.4, -0.2) is 63.2 Å². The number of nitrogens with zero attached hydrogens (tertiary/aromatic N) is 1. The third kappa shape index (κ3) is 7.31. The molecule has 0 amide bonds. The van der Waals surface area contributed by atoms with Gasteiger partial charge >= 0.3 is 31.3 Å². The largest absolute Gasteiger partial charge is 0.534 e. The van der Waals surface area contributed by atoms with Crippen molar-refractivity contribution in [3.05, 3.63) is 85.3 Å². The fourth-order valence-electron chi connectivity index (χ4n) is 4.10. The highest BCUT2D eigenvalue weighted by Crippen LogP contribution is 2.41. The van der Waals surface area contributed by atoms with Gasteiger partial charge in [-0.15, -0.1) is 0 Å².